The van der Waals surface area contributed by atoms with E-state index in [-0.39, 0.29) is 6.61 Å². The Morgan fingerprint density at radius 1 is 1.42 bits per heavy atom. The number of hydrogen-bond donors (Lipinski definition) is 1. The van der Waals surface area contributed by atoms with Crippen molar-refractivity contribution in [3.8, 4) is 5.75 Å². The fourth-order valence-electron chi connectivity index (χ4n) is 1.58. The second-order valence-corrected chi connectivity index (χ2v) is 3.02. The van der Waals surface area contributed by atoms with Gasteiger partial charge in [0.15, 0.2) is 0 Å². The molecule has 0 aliphatic carbocycles. The minimum Gasteiger partial charge on any atom is -0.493 e. The summed E-state index contributed by atoms with van der Waals surface area (Å²) in [5, 5.41) is 9.01. The first-order valence-electron chi connectivity index (χ1n) is 4.26. The third kappa shape index (κ3) is 1.18. The molecule has 1 N–H and O–H groups in total. The normalized spacial score (nSPS) is 15.1. The van der Waals surface area contributed by atoms with Crippen molar-refractivity contribution >= 4 is 0 Å². The van der Waals surface area contributed by atoms with Crippen LogP contribution in [0.4, 0.5) is 0 Å². The van der Waals surface area contributed by atoms with Crippen molar-refractivity contribution in [3.63, 3.8) is 0 Å². The lowest BCUT2D eigenvalue weighted by molar-refractivity contribution is 0.252. The van der Waals surface area contributed by atoms with E-state index in [1.54, 1.807) is 0 Å². The van der Waals surface area contributed by atoms with Crippen molar-refractivity contribution in [1.82, 2.24) is 0 Å². The maximum Gasteiger partial charge on any atom is 0.127 e. The summed E-state index contributed by atoms with van der Waals surface area (Å²) in [7, 11) is 0. The third-order valence-corrected chi connectivity index (χ3v) is 2.19. The maximum atomic E-state index is 9.01. The zero-order valence-electron chi connectivity index (χ0n) is 6.92. The van der Waals surface area contributed by atoms with Crippen molar-refractivity contribution in [2.45, 2.75) is 19.4 Å². The Labute approximate surface area is 71.8 Å². The molecular weight excluding hydrogens is 152 g/mol. The van der Waals surface area contributed by atoms with Gasteiger partial charge in [0.25, 0.3) is 0 Å². The summed E-state index contributed by atoms with van der Waals surface area (Å²) >= 11 is 0. The fourth-order valence-corrected chi connectivity index (χ4v) is 1.58. The number of rotatable bonds is 1. The van der Waals surface area contributed by atoms with Gasteiger partial charge >= 0.3 is 0 Å². The minimum absolute atomic E-state index is 0.0726. The molecule has 1 heterocycles. The van der Waals surface area contributed by atoms with Gasteiger partial charge in [-0.2, -0.15) is 0 Å². The molecule has 12 heavy (non-hydrogen) atoms. The average molecular weight is 164 g/mol. The molecule has 0 spiro atoms. The lowest BCUT2D eigenvalue weighted by Crippen LogP contribution is -2.10. The standard InChI is InChI=1S/C10H12O2/c11-7-9-4-1-3-8-5-2-6-12-10(8)9/h1,3-4,11H,2,5-7H2. The third-order valence-electron chi connectivity index (χ3n) is 2.19. The smallest absolute Gasteiger partial charge is 0.127 e. The maximum absolute atomic E-state index is 9.01. The topological polar surface area (TPSA) is 29.5 Å². The summed E-state index contributed by atoms with van der Waals surface area (Å²) in [6.45, 7) is 0.854. The van der Waals surface area contributed by atoms with Crippen LogP contribution in [0, 0.1) is 0 Å². The van der Waals surface area contributed by atoms with E-state index in [1.807, 2.05) is 12.1 Å². The van der Waals surface area contributed by atoms with Gasteiger partial charge in [0, 0.05) is 5.56 Å². The monoisotopic (exact) mass is 164 g/mol. The van der Waals surface area contributed by atoms with Crippen molar-refractivity contribution in [2.75, 3.05) is 6.61 Å². The summed E-state index contributed by atoms with van der Waals surface area (Å²) in [6.07, 6.45) is 2.16. The zero-order valence-corrected chi connectivity index (χ0v) is 6.92. The van der Waals surface area contributed by atoms with Crippen molar-refractivity contribution < 1.29 is 9.84 Å². The number of ether oxygens (including phenoxy) is 1. The molecule has 0 atom stereocenters. The highest BCUT2D eigenvalue weighted by atomic mass is 16.5. The molecule has 1 aromatic rings. The second-order valence-electron chi connectivity index (χ2n) is 3.02. The summed E-state index contributed by atoms with van der Waals surface area (Å²) in [4.78, 5) is 0. The SMILES string of the molecule is OCc1cccc2c1OCCC2. The predicted molar refractivity (Wildman–Crippen MR) is 46.2 cm³/mol. The molecule has 0 bridgehead atoms. The first-order chi connectivity index (χ1) is 5.92. The van der Waals surface area contributed by atoms with Crippen molar-refractivity contribution in [3.05, 3.63) is 29.3 Å². The quantitative estimate of drug-likeness (QED) is 0.681. The van der Waals surface area contributed by atoms with E-state index in [0.717, 1.165) is 30.8 Å². The van der Waals surface area contributed by atoms with Gasteiger partial charge in [-0.15, -0.1) is 0 Å². The Balaban J connectivity index is 2.44. The highest BCUT2D eigenvalue weighted by Gasteiger charge is 2.12. The molecule has 64 valence electrons. The van der Waals surface area contributed by atoms with Gasteiger partial charge < -0.3 is 9.84 Å². The number of para-hydroxylation sites is 1. The molecule has 2 heteroatoms. The van der Waals surface area contributed by atoms with Crippen LogP contribution < -0.4 is 4.74 Å². The highest BCUT2D eigenvalue weighted by Crippen LogP contribution is 2.28. The van der Waals surface area contributed by atoms with E-state index >= 15 is 0 Å². The number of aliphatic hydroxyl groups is 1. The second kappa shape index (κ2) is 3.15. The Kier molecular flexibility index (Phi) is 2.00. The van der Waals surface area contributed by atoms with Gasteiger partial charge in [0.05, 0.1) is 13.2 Å². The molecule has 0 unspecified atom stereocenters. The molecule has 0 amide bonds. The Morgan fingerprint density at radius 3 is 3.17 bits per heavy atom. The largest absolute Gasteiger partial charge is 0.493 e. The molecule has 0 aromatic heterocycles. The van der Waals surface area contributed by atoms with Gasteiger partial charge in [-0.1, -0.05) is 18.2 Å². The number of fused-ring (bicyclic) bond motifs is 1. The summed E-state index contributed by atoms with van der Waals surface area (Å²) in [6, 6.07) is 5.94. The fraction of sp³-hybridized carbons (Fsp3) is 0.400. The van der Waals surface area contributed by atoms with Gasteiger partial charge in [-0.25, -0.2) is 0 Å². The zero-order chi connectivity index (χ0) is 8.39. The summed E-state index contributed by atoms with van der Waals surface area (Å²) < 4.78 is 5.49. The lowest BCUT2D eigenvalue weighted by Gasteiger charge is -2.19. The van der Waals surface area contributed by atoms with Gasteiger partial charge in [0.1, 0.15) is 5.75 Å². The van der Waals surface area contributed by atoms with Crippen LogP contribution in [-0.4, -0.2) is 11.7 Å². The molecule has 0 radical (unpaired) electrons. The van der Waals surface area contributed by atoms with E-state index in [4.69, 9.17) is 9.84 Å². The van der Waals surface area contributed by atoms with Crippen LogP contribution in [0.15, 0.2) is 18.2 Å². The molecule has 1 aliphatic heterocycles. The van der Waals surface area contributed by atoms with Crippen molar-refractivity contribution in [1.29, 1.82) is 0 Å². The summed E-state index contributed by atoms with van der Waals surface area (Å²) in [5.74, 6) is 0.909. The Morgan fingerprint density at radius 2 is 2.33 bits per heavy atom. The predicted octanol–water partition coefficient (Wildman–Crippen LogP) is 1.50. The summed E-state index contributed by atoms with van der Waals surface area (Å²) in [5.41, 5.74) is 2.14. The van der Waals surface area contributed by atoms with E-state index < -0.39 is 0 Å². The van der Waals surface area contributed by atoms with Gasteiger partial charge in [0.2, 0.25) is 0 Å². The van der Waals surface area contributed by atoms with Gasteiger partial charge in [-0.3, -0.25) is 0 Å². The lowest BCUT2D eigenvalue weighted by atomic mass is 10.0. The molecular formula is C10H12O2. The van der Waals surface area contributed by atoms with Crippen LogP contribution in [0.25, 0.3) is 0 Å². The minimum atomic E-state index is 0.0726. The number of aliphatic hydroxyl groups excluding tert-OH is 1. The van der Waals surface area contributed by atoms with Crippen LogP contribution in [0.5, 0.6) is 5.75 Å². The van der Waals surface area contributed by atoms with Crippen LogP contribution >= 0.6 is 0 Å². The average Bonchev–Trinajstić information content (AvgIpc) is 2.17. The van der Waals surface area contributed by atoms with E-state index in [9.17, 15) is 0 Å². The first-order valence-corrected chi connectivity index (χ1v) is 4.26. The Hall–Kier alpha value is -1.02. The van der Waals surface area contributed by atoms with E-state index in [2.05, 4.69) is 6.07 Å². The number of hydrogen-bond acceptors (Lipinski definition) is 2. The Bertz CT molecular complexity index is 267. The molecule has 1 aromatic carbocycles. The van der Waals surface area contributed by atoms with E-state index in [0.29, 0.717) is 0 Å². The number of benzene rings is 1. The highest BCUT2D eigenvalue weighted by molar-refractivity contribution is 5.42. The number of aryl methyl sites for hydroxylation is 1. The van der Waals surface area contributed by atoms with Crippen LogP contribution in [0.1, 0.15) is 17.5 Å². The van der Waals surface area contributed by atoms with Crippen LogP contribution in [0.3, 0.4) is 0 Å². The van der Waals surface area contributed by atoms with Gasteiger partial charge in [-0.05, 0) is 18.4 Å². The van der Waals surface area contributed by atoms with Crippen LogP contribution in [-0.2, 0) is 13.0 Å². The molecule has 0 saturated carbocycles. The molecule has 1 aliphatic rings. The van der Waals surface area contributed by atoms with Crippen molar-refractivity contribution in [2.24, 2.45) is 0 Å². The first kappa shape index (κ1) is 7.62. The van der Waals surface area contributed by atoms with Crippen LogP contribution in [0.2, 0.25) is 0 Å². The molecule has 0 fully saturated rings. The molecule has 0 saturated heterocycles. The molecule has 2 nitrogen and oxygen atoms in total. The molecule has 2 rings (SSSR count). The van der Waals surface area contributed by atoms with E-state index in [1.165, 1.54) is 5.56 Å².